The van der Waals surface area contributed by atoms with Crippen molar-refractivity contribution < 1.29 is 9.18 Å². The summed E-state index contributed by atoms with van der Waals surface area (Å²) >= 11 is 5.68. The smallest absolute Gasteiger partial charge is 0.249 e. The Morgan fingerprint density at radius 3 is 2.58 bits per heavy atom. The Labute approximate surface area is 114 Å². The standard InChI is InChI=1S/C14H10ClFN2O/c15-11-4-7-13(17-9-11)18-14(19)8-3-10-1-5-12(16)6-2-10/h1-9H,(H,17,18,19)/b8-3+. The van der Waals surface area contributed by atoms with E-state index in [9.17, 15) is 9.18 Å². The molecule has 0 saturated carbocycles. The Morgan fingerprint density at radius 1 is 1.21 bits per heavy atom. The topological polar surface area (TPSA) is 42.0 Å². The fraction of sp³-hybridized carbons (Fsp3) is 0. The summed E-state index contributed by atoms with van der Waals surface area (Å²) in [6.45, 7) is 0. The van der Waals surface area contributed by atoms with Gasteiger partial charge in [0.2, 0.25) is 5.91 Å². The maximum absolute atomic E-state index is 12.7. The van der Waals surface area contributed by atoms with Gasteiger partial charge in [-0.2, -0.15) is 0 Å². The van der Waals surface area contributed by atoms with Crippen LogP contribution in [-0.2, 0) is 4.79 Å². The first-order valence-corrected chi connectivity index (χ1v) is 5.87. The summed E-state index contributed by atoms with van der Waals surface area (Å²) in [4.78, 5) is 15.5. The van der Waals surface area contributed by atoms with Gasteiger partial charge in [-0.25, -0.2) is 9.37 Å². The maximum Gasteiger partial charge on any atom is 0.249 e. The number of anilines is 1. The van der Waals surface area contributed by atoms with Gasteiger partial charge in [0.05, 0.1) is 5.02 Å². The van der Waals surface area contributed by atoms with Crippen LogP contribution in [0.5, 0.6) is 0 Å². The van der Waals surface area contributed by atoms with Crippen molar-refractivity contribution in [2.24, 2.45) is 0 Å². The highest BCUT2D eigenvalue weighted by atomic mass is 35.5. The van der Waals surface area contributed by atoms with E-state index in [4.69, 9.17) is 11.6 Å². The van der Waals surface area contributed by atoms with E-state index in [0.717, 1.165) is 5.56 Å². The van der Waals surface area contributed by atoms with Crippen molar-refractivity contribution in [1.29, 1.82) is 0 Å². The second kappa shape index (κ2) is 6.11. The molecule has 0 aliphatic rings. The molecule has 2 aromatic rings. The molecule has 2 rings (SSSR count). The van der Waals surface area contributed by atoms with Crippen LogP contribution in [-0.4, -0.2) is 10.9 Å². The third-order valence-corrected chi connectivity index (χ3v) is 2.50. The molecule has 0 unspecified atom stereocenters. The van der Waals surface area contributed by atoms with Gasteiger partial charge in [-0.1, -0.05) is 23.7 Å². The first-order chi connectivity index (χ1) is 9.13. The molecular weight excluding hydrogens is 267 g/mol. The molecule has 0 fully saturated rings. The summed E-state index contributed by atoms with van der Waals surface area (Å²) in [7, 11) is 0. The maximum atomic E-state index is 12.7. The van der Waals surface area contributed by atoms with E-state index < -0.39 is 0 Å². The van der Waals surface area contributed by atoms with Crippen LogP contribution in [0.25, 0.3) is 6.08 Å². The number of pyridine rings is 1. The van der Waals surface area contributed by atoms with Crippen molar-refractivity contribution in [3.63, 3.8) is 0 Å². The first-order valence-electron chi connectivity index (χ1n) is 5.50. The highest BCUT2D eigenvalue weighted by molar-refractivity contribution is 6.30. The fourth-order valence-corrected chi connectivity index (χ4v) is 1.48. The minimum Gasteiger partial charge on any atom is -0.307 e. The van der Waals surface area contributed by atoms with Gasteiger partial charge in [-0.3, -0.25) is 4.79 Å². The van der Waals surface area contributed by atoms with E-state index in [1.54, 1.807) is 30.3 Å². The van der Waals surface area contributed by atoms with Gasteiger partial charge in [-0.05, 0) is 35.9 Å². The molecule has 0 bridgehead atoms. The Bertz CT molecular complexity index is 594. The molecule has 1 heterocycles. The molecule has 1 N–H and O–H groups in total. The zero-order chi connectivity index (χ0) is 13.7. The van der Waals surface area contributed by atoms with Crippen LogP contribution in [0.2, 0.25) is 5.02 Å². The van der Waals surface area contributed by atoms with Crippen LogP contribution in [0.1, 0.15) is 5.56 Å². The molecule has 3 nitrogen and oxygen atoms in total. The number of hydrogen-bond acceptors (Lipinski definition) is 2. The summed E-state index contributed by atoms with van der Waals surface area (Å²) in [6.07, 6.45) is 4.38. The van der Waals surface area contributed by atoms with E-state index >= 15 is 0 Å². The molecule has 1 aromatic carbocycles. The number of carbonyl (C=O) groups excluding carboxylic acids is 1. The molecule has 19 heavy (non-hydrogen) atoms. The lowest BCUT2D eigenvalue weighted by molar-refractivity contribution is -0.111. The fourth-order valence-electron chi connectivity index (χ4n) is 1.36. The highest BCUT2D eigenvalue weighted by Crippen LogP contribution is 2.10. The molecule has 0 radical (unpaired) electrons. The molecule has 1 aromatic heterocycles. The number of nitrogens with zero attached hydrogens (tertiary/aromatic N) is 1. The van der Waals surface area contributed by atoms with E-state index in [1.807, 2.05) is 0 Å². The van der Waals surface area contributed by atoms with Crippen molar-refractivity contribution in [1.82, 2.24) is 4.98 Å². The Morgan fingerprint density at radius 2 is 1.95 bits per heavy atom. The number of rotatable bonds is 3. The number of hydrogen-bond donors (Lipinski definition) is 1. The lowest BCUT2D eigenvalue weighted by atomic mass is 10.2. The number of nitrogens with one attached hydrogen (secondary N) is 1. The van der Waals surface area contributed by atoms with E-state index in [2.05, 4.69) is 10.3 Å². The Balaban J connectivity index is 1.97. The molecule has 0 aliphatic heterocycles. The minimum absolute atomic E-state index is 0.313. The molecule has 5 heteroatoms. The number of benzene rings is 1. The summed E-state index contributed by atoms with van der Waals surface area (Å²) in [6, 6.07) is 9.07. The number of halogens is 2. The lowest BCUT2D eigenvalue weighted by Crippen LogP contribution is -2.08. The molecule has 1 amide bonds. The summed E-state index contributed by atoms with van der Waals surface area (Å²) in [5, 5.41) is 3.08. The average molecular weight is 277 g/mol. The number of aromatic nitrogens is 1. The van der Waals surface area contributed by atoms with Gasteiger partial charge in [0.15, 0.2) is 0 Å². The summed E-state index contributed by atoms with van der Waals surface area (Å²) in [5.41, 5.74) is 0.737. The van der Waals surface area contributed by atoms with Crippen molar-refractivity contribution in [3.05, 3.63) is 65.1 Å². The van der Waals surface area contributed by atoms with Crippen molar-refractivity contribution >= 4 is 29.4 Å². The molecule has 96 valence electrons. The quantitative estimate of drug-likeness (QED) is 0.872. The van der Waals surface area contributed by atoms with Gasteiger partial charge < -0.3 is 5.32 Å². The molecule has 0 spiro atoms. The largest absolute Gasteiger partial charge is 0.307 e. The summed E-state index contributed by atoms with van der Waals surface area (Å²) in [5.74, 6) is -0.218. The number of carbonyl (C=O) groups is 1. The van der Waals surface area contributed by atoms with Crippen LogP contribution in [0, 0.1) is 5.82 Å². The molecule has 0 aliphatic carbocycles. The SMILES string of the molecule is O=C(/C=C/c1ccc(F)cc1)Nc1ccc(Cl)cn1. The van der Waals surface area contributed by atoms with Crippen molar-refractivity contribution in [2.45, 2.75) is 0 Å². The van der Waals surface area contributed by atoms with Gasteiger partial charge >= 0.3 is 0 Å². The Kier molecular flexibility index (Phi) is 4.26. The van der Waals surface area contributed by atoms with Gasteiger partial charge in [0, 0.05) is 12.3 Å². The van der Waals surface area contributed by atoms with Gasteiger partial charge in [-0.15, -0.1) is 0 Å². The third-order valence-electron chi connectivity index (χ3n) is 2.28. The molecule has 0 atom stereocenters. The van der Waals surface area contributed by atoms with Crippen molar-refractivity contribution in [3.8, 4) is 0 Å². The second-order valence-corrected chi connectivity index (χ2v) is 4.17. The van der Waals surface area contributed by atoms with Gasteiger partial charge in [0.1, 0.15) is 11.6 Å². The minimum atomic E-state index is -0.320. The normalized spacial score (nSPS) is 10.6. The average Bonchev–Trinajstić information content (AvgIpc) is 2.41. The van der Waals surface area contributed by atoms with Crippen LogP contribution in [0.15, 0.2) is 48.7 Å². The van der Waals surface area contributed by atoms with Crippen LogP contribution < -0.4 is 5.32 Å². The van der Waals surface area contributed by atoms with Crippen molar-refractivity contribution in [2.75, 3.05) is 5.32 Å². The van der Waals surface area contributed by atoms with Crippen LogP contribution >= 0.6 is 11.6 Å². The first kappa shape index (κ1) is 13.2. The van der Waals surface area contributed by atoms with E-state index in [-0.39, 0.29) is 11.7 Å². The highest BCUT2D eigenvalue weighted by Gasteiger charge is 1.99. The monoisotopic (exact) mass is 276 g/mol. The molecule has 0 saturated heterocycles. The third kappa shape index (κ3) is 4.19. The summed E-state index contributed by atoms with van der Waals surface area (Å²) < 4.78 is 12.7. The van der Waals surface area contributed by atoms with Crippen LogP contribution in [0.3, 0.4) is 0 Å². The van der Waals surface area contributed by atoms with Gasteiger partial charge in [0.25, 0.3) is 0 Å². The van der Waals surface area contributed by atoms with E-state index in [0.29, 0.717) is 10.8 Å². The second-order valence-electron chi connectivity index (χ2n) is 3.74. The molecular formula is C14H10ClFN2O. The lowest BCUT2D eigenvalue weighted by Gasteiger charge is -2.00. The van der Waals surface area contributed by atoms with Crippen LogP contribution in [0.4, 0.5) is 10.2 Å². The predicted molar refractivity (Wildman–Crippen MR) is 73.3 cm³/mol. The zero-order valence-electron chi connectivity index (χ0n) is 9.81. The number of amides is 1. The Hall–Kier alpha value is -2.20. The van der Waals surface area contributed by atoms with E-state index in [1.165, 1.54) is 24.4 Å². The predicted octanol–water partition coefficient (Wildman–Crippen LogP) is 3.53. The zero-order valence-corrected chi connectivity index (χ0v) is 10.6.